The number of imidazole rings is 1. The zero-order valence-corrected chi connectivity index (χ0v) is 7.72. The maximum absolute atomic E-state index is 5.27. The van der Waals surface area contributed by atoms with Gasteiger partial charge in [-0.1, -0.05) is 12.1 Å². The van der Waals surface area contributed by atoms with Gasteiger partial charge in [0.1, 0.15) is 0 Å². The predicted octanol–water partition coefficient (Wildman–Crippen LogP) is 1.22. The summed E-state index contributed by atoms with van der Waals surface area (Å²) < 4.78 is 2.02. The van der Waals surface area contributed by atoms with Crippen molar-refractivity contribution < 1.29 is 0 Å². The number of anilines is 1. The van der Waals surface area contributed by atoms with Gasteiger partial charge in [-0.15, -0.1) is 0 Å². The summed E-state index contributed by atoms with van der Waals surface area (Å²) in [5.74, 6) is 5.27. The number of nitrogens with two attached hydrogens (primary N) is 1. The van der Waals surface area contributed by atoms with Gasteiger partial charge in [0.15, 0.2) is 0 Å². The largest absolute Gasteiger partial charge is 0.333 e. The third kappa shape index (κ3) is 1.92. The minimum absolute atomic E-state index is 0.838. The van der Waals surface area contributed by atoms with Gasteiger partial charge in [0.25, 0.3) is 0 Å². The normalized spacial score (nSPS) is 10.1. The highest BCUT2D eigenvalue weighted by Crippen LogP contribution is 2.08. The molecule has 0 aliphatic rings. The van der Waals surface area contributed by atoms with Crippen molar-refractivity contribution >= 4 is 5.69 Å². The average Bonchev–Trinajstić information content (AvgIpc) is 2.72. The number of hydrogen-bond acceptors (Lipinski definition) is 3. The fraction of sp³-hybridized carbons (Fsp3) is 0.100. The summed E-state index contributed by atoms with van der Waals surface area (Å²) in [6, 6.07) is 7.98. The SMILES string of the molecule is NNc1ccc(Cn2ccnc2)cc1. The van der Waals surface area contributed by atoms with Crippen LogP contribution in [0.4, 0.5) is 5.69 Å². The van der Waals surface area contributed by atoms with E-state index in [1.807, 2.05) is 35.0 Å². The molecule has 0 fully saturated rings. The zero-order chi connectivity index (χ0) is 9.80. The van der Waals surface area contributed by atoms with Crippen molar-refractivity contribution in [3.8, 4) is 0 Å². The van der Waals surface area contributed by atoms with Crippen molar-refractivity contribution in [2.75, 3.05) is 5.43 Å². The molecule has 1 aromatic heterocycles. The molecule has 1 aromatic carbocycles. The average molecular weight is 188 g/mol. The molecule has 0 aliphatic carbocycles. The van der Waals surface area contributed by atoms with Crippen LogP contribution in [0.1, 0.15) is 5.56 Å². The van der Waals surface area contributed by atoms with Crippen LogP contribution >= 0.6 is 0 Å². The van der Waals surface area contributed by atoms with Crippen LogP contribution < -0.4 is 11.3 Å². The second kappa shape index (κ2) is 3.93. The van der Waals surface area contributed by atoms with Gasteiger partial charge in [0.2, 0.25) is 0 Å². The van der Waals surface area contributed by atoms with E-state index in [0.717, 1.165) is 12.2 Å². The van der Waals surface area contributed by atoms with E-state index in [4.69, 9.17) is 5.84 Å². The molecule has 0 saturated heterocycles. The van der Waals surface area contributed by atoms with E-state index in [1.54, 1.807) is 12.5 Å². The standard InChI is InChI=1S/C10H12N4/c11-13-10-3-1-9(2-4-10)7-14-6-5-12-8-14/h1-6,8,13H,7,11H2. The summed E-state index contributed by atoms with van der Waals surface area (Å²) in [4.78, 5) is 3.98. The Hall–Kier alpha value is -1.81. The molecule has 0 saturated carbocycles. The number of nitrogens with zero attached hydrogens (tertiary/aromatic N) is 2. The minimum Gasteiger partial charge on any atom is -0.333 e. The number of hydrogen-bond donors (Lipinski definition) is 2. The van der Waals surface area contributed by atoms with Crippen LogP contribution in [0.2, 0.25) is 0 Å². The van der Waals surface area contributed by atoms with Gasteiger partial charge in [0, 0.05) is 24.6 Å². The molecule has 0 bridgehead atoms. The Morgan fingerprint density at radius 2 is 2.07 bits per heavy atom. The third-order valence-electron chi connectivity index (χ3n) is 2.04. The van der Waals surface area contributed by atoms with Crippen molar-refractivity contribution in [3.05, 3.63) is 48.5 Å². The summed E-state index contributed by atoms with van der Waals surface area (Å²) in [5, 5.41) is 0. The molecule has 14 heavy (non-hydrogen) atoms. The van der Waals surface area contributed by atoms with Gasteiger partial charge in [-0.3, -0.25) is 5.84 Å². The highest BCUT2D eigenvalue weighted by atomic mass is 15.2. The smallest absolute Gasteiger partial charge is 0.0949 e. The highest BCUT2D eigenvalue weighted by molar-refractivity contribution is 5.43. The van der Waals surface area contributed by atoms with E-state index in [1.165, 1.54) is 5.56 Å². The monoisotopic (exact) mass is 188 g/mol. The summed E-state index contributed by atoms with van der Waals surface area (Å²) in [6.45, 7) is 0.838. The summed E-state index contributed by atoms with van der Waals surface area (Å²) in [7, 11) is 0. The number of aromatic nitrogens is 2. The van der Waals surface area contributed by atoms with Gasteiger partial charge < -0.3 is 9.99 Å². The van der Waals surface area contributed by atoms with Gasteiger partial charge in [-0.2, -0.15) is 0 Å². The van der Waals surface area contributed by atoms with Crippen LogP contribution in [-0.2, 0) is 6.54 Å². The summed E-state index contributed by atoms with van der Waals surface area (Å²) in [6.07, 6.45) is 5.51. The Labute approximate surface area is 82.4 Å². The number of rotatable bonds is 3. The molecule has 72 valence electrons. The first-order valence-electron chi connectivity index (χ1n) is 4.40. The first kappa shape index (κ1) is 8.77. The summed E-state index contributed by atoms with van der Waals surface area (Å²) >= 11 is 0. The second-order valence-corrected chi connectivity index (χ2v) is 3.08. The van der Waals surface area contributed by atoms with Crippen molar-refractivity contribution in [2.24, 2.45) is 5.84 Å². The Morgan fingerprint density at radius 1 is 1.29 bits per heavy atom. The van der Waals surface area contributed by atoms with Crippen LogP contribution in [-0.4, -0.2) is 9.55 Å². The second-order valence-electron chi connectivity index (χ2n) is 3.08. The molecule has 3 N–H and O–H groups in total. The molecular weight excluding hydrogens is 176 g/mol. The molecule has 4 nitrogen and oxygen atoms in total. The lowest BCUT2D eigenvalue weighted by molar-refractivity contribution is 0.797. The van der Waals surface area contributed by atoms with Crippen LogP contribution in [0.3, 0.4) is 0 Å². The fourth-order valence-electron chi connectivity index (χ4n) is 1.30. The maximum Gasteiger partial charge on any atom is 0.0949 e. The van der Waals surface area contributed by atoms with Crippen molar-refractivity contribution in [1.82, 2.24) is 9.55 Å². The molecule has 0 amide bonds. The molecule has 2 rings (SSSR count). The van der Waals surface area contributed by atoms with Gasteiger partial charge in [-0.05, 0) is 17.7 Å². The first-order valence-corrected chi connectivity index (χ1v) is 4.40. The lowest BCUT2D eigenvalue weighted by Crippen LogP contribution is -2.06. The predicted molar refractivity (Wildman–Crippen MR) is 55.6 cm³/mol. The van der Waals surface area contributed by atoms with Crippen LogP contribution in [0.5, 0.6) is 0 Å². The molecule has 2 aromatic rings. The first-order chi connectivity index (χ1) is 6.88. The third-order valence-corrected chi connectivity index (χ3v) is 2.04. The molecule has 0 radical (unpaired) electrons. The molecule has 0 unspecified atom stereocenters. The van der Waals surface area contributed by atoms with Crippen molar-refractivity contribution in [3.63, 3.8) is 0 Å². The van der Waals surface area contributed by atoms with Gasteiger partial charge >= 0.3 is 0 Å². The highest BCUT2D eigenvalue weighted by Gasteiger charge is 1.94. The van der Waals surface area contributed by atoms with Crippen molar-refractivity contribution in [2.45, 2.75) is 6.54 Å². The lowest BCUT2D eigenvalue weighted by Gasteiger charge is -2.04. The Morgan fingerprint density at radius 3 is 2.64 bits per heavy atom. The number of hydrazine groups is 1. The summed E-state index contributed by atoms with van der Waals surface area (Å²) in [5.41, 5.74) is 4.73. The fourth-order valence-corrected chi connectivity index (χ4v) is 1.30. The van der Waals surface area contributed by atoms with E-state index >= 15 is 0 Å². The van der Waals surface area contributed by atoms with E-state index in [0.29, 0.717) is 0 Å². The van der Waals surface area contributed by atoms with E-state index in [-0.39, 0.29) is 0 Å². The number of benzene rings is 1. The van der Waals surface area contributed by atoms with E-state index in [2.05, 4.69) is 10.4 Å². The molecule has 0 atom stereocenters. The Bertz CT molecular complexity index is 377. The number of nitrogen functional groups attached to an aromatic ring is 1. The van der Waals surface area contributed by atoms with Gasteiger partial charge in [-0.25, -0.2) is 4.98 Å². The van der Waals surface area contributed by atoms with E-state index < -0.39 is 0 Å². The minimum atomic E-state index is 0.838. The molecule has 0 spiro atoms. The van der Waals surface area contributed by atoms with Crippen LogP contribution in [0, 0.1) is 0 Å². The Kier molecular flexibility index (Phi) is 2.46. The quantitative estimate of drug-likeness (QED) is 0.562. The molecule has 0 aliphatic heterocycles. The number of nitrogens with one attached hydrogen (secondary N) is 1. The van der Waals surface area contributed by atoms with Crippen LogP contribution in [0.25, 0.3) is 0 Å². The van der Waals surface area contributed by atoms with Crippen LogP contribution in [0.15, 0.2) is 43.0 Å². The molecule has 1 heterocycles. The molecule has 4 heteroatoms. The maximum atomic E-state index is 5.27. The topological polar surface area (TPSA) is 55.9 Å². The zero-order valence-electron chi connectivity index (χ0n) is 7.72. The van der Waals surface area contributed by atoms with Crippen molar-refractivity contribution in [1.29, 1.82) is 0 Å². The lowest BCUT2D eigenvalue weighted by atomic mass is 10.2. The van der Waals surface area contributed by atoms with E-state index in [9.17, 15) is 0 Å². The Balaban J connectivity index is 2.10. The van der Waals surface area contributed by atoms with Gasteiger partial charge in [0.05, 0.1) is 6.33 Å². The molecular formula is C10H12N4.